The number of esters is 1. The number of primary amides is 1. The second kappa shape index (κ2) is 15.2. The van der Waals surface area contributed by atoms with Crippen molar-refractivity contribution in [1.29, 1.82) is 0 Å². The number of alkyl carbamates (subject to hydrolysis) is 1. The number of hydrogen-bond donors (Lipinski definition) is 4. The zero-order valence-corrected chi connectivity index (χ0v) is 22.1. The summed E-state index contributed by atoms with van der Waals surface area (Å²) in [6.07, 6.45) is 3.92. The van der Waals surface area contributed by atoms with Crippen molar-refractivity contribution in [2.45, 2.75) is 58.2 Å². The number of aliphatic hydroxyl groups is 1. The third-order valence-corrected chi connectivity index (χ3v) is 4.92. The number of benzene rings is 1. The lowest BCUT2D eigenvalue weighted by Gasteiger charge is -2.34. The summed E-state index contributed by atoms with van der Waals surface area (Å²) in [5.41, 5.74) is 4.96. The largest absolute Gasteiger partial charge is 0.466 e. The number of aliphatic hydroxyl groups excluding tert-OH is 1. The molecule has 2 unspecified atom stereocenters. The topological polar surface area (TPSA) is 177 Å². The molecule has 12 heteroatoms. The molecule has 2 atom stereocenters. The number of nitrogens with zero attached hydrogens (tertiary/aromatic N) is 1. The van der Waals surface area contributed by atoms with Crippen molar-refractivity contribution in [2.24, 2.45) is 5.73 Å². The van der Waals surface area contributed by atoms with Gasteiger partial charge in [0.1, 0.15) is 17.7 Å². The minimum Gasteiger partial charge on any atom is -0.466 e. The van der Waals surface area contributed by atoms with Crippen LogP contribution >= 0.6 is 0 Å². The molecule has 208 valence electrons. The van der Waals surface area contributed by atoms with Crippen molar-refractivity contribution < 1.29 is 38.6 Å². The number of nitrogens with one attached hydrogen (secondary N) is 2. The monoisotopic (exact) mass is 532 g/mol. The van der Waals surface area contributed by atoms with Crippen LogP contribution < -0.4 is 16.4 Å². The molecule has 0 aromatic heterocycles. The Kier molecular flexibility index (Phi) is 12.8. The van der Waals surface area contributed by atoms with Gasteiger partial charge in [0.05, 0.1) is 26.1 Å². The highest BCUT2D eigenvalue weighted by atomic mass is 16.6. The molecule has 0 saturated heterocycles. The van der Waals surface area contributed by atoms with E-state index in [0.717, 1.165) is 4.90 Å². The van der Waals surface area contributed by atoms with Gasteiger partial charge < -0.3 is 35.8 Å². The Balaban J connectivity index is 3.45. The van der Waals surface area contributed by atoms with E-state index in [4.69, 9.17) is 21.6 Å². The molecule has 4 amide bonds. The van der Waals surface area contributed by atoms with Gasteiger partial charge in [-0.25, -0.2) is 4.79 Å². The molecule has 0 saturated carbocycles. The molecule has 0 aliphatic rings. The van der Waals surface area contributed by atoms with Crippen LogP contribution in [0.15, 0.2) is 24.3 Å². The Morgan fingerprint density at radius 1 is 1.18 bits per heavy atom. The number of nitrogens with two attached hydrogens (primary N) is 1. The van der Waals surface area contributed by atoms with Crippen LogP contribution in [0.25, 0.3) is 0 Å². The van der Waals surface area contributed by atoms with E-state index in [1.165, 1.54) is 6.07 Å². The fourth-order valence-corrected chi connectivity index (χ4v) is 3.46. The molecule has 38 heavy (non-hydrogen) atoms. The van der Waals surface area contributed by atoms with Crippen molar-refractivity contribution in [3.63, 3.8) is 0 Å². The minimum atomic E-state index is -1.51. The third-order valence-electron chi connectivity index (χ3n) is 4.92. The van der Waals surface area contributed by atoms with Crippen LogP contribution in [0.4, 0.5) is 4.79 Å². The second-order valence-corrected chi connectivity index (χ2v) is 9.10. The lowest BCUT2D eigenvalue weighted by atomic mass is 9.97. The summed E-state index contributed by atoms with van der Waals surface area (Å²) in [4.78, 5) is 64.0. The first-order valence-corrected chi connectivity index (χ1v) is 12.0. The Morgan fingerprint density at radius 2 is 1.84 bits per heavy atom. The summed E-state index contributed by atoms with van der Waals surface area (Å²) < 4.78 is 10.1. The molecular weight excluding hydrogens is 496 g/mol. The molecule has 0 bridgehead atoms. The van der Waals surface area contributed by atoms with Gasteiger partial charge in [-0.1, -0.05) is 24.1 Å². The van der Waals surface area contributed by atoms with E-state index in [2.05, 4.69) is 16.6 Å². The van der Waals surface area contributed by atoms with Gasteiger partial charge in [-0.15, -0.1) is 6.42 Å². The lowest BCUT2D eigenvalue weighted by Crippen LogP contribution is -2.54. The van der Waals surface area contributed by atoms with Gasteiger partial charge in [-0.2, -0.15) is 0 Å². The number of carbonyl (C=O) groups excluding carboxylic acids is 5. The van der Waals surface area contributed by atoms with Crippen molar-refractivity contribution in [2.75, 3.05) is 26.3 Å². The maximum absolute atomic E-state index is 13.7. The van der Waals surface area contributed by atoms with E-state index < -0.39 is 60.5 Å². The predicted molar refractivity (Wildman–Crippen MR) is 137 cm³/mol. The second-order valence-electron chi connectivity index (χ2n) is 9.10. The Morgan fingerprint density at radius 3 is 2.39 bits per heavy atom. The quantitative estimate of drug-likeness (QED) is 0.208. The van der Waals surface area contributed by atoms with Gasteiger partial charge in [-0.3, -0.25) is 19.2 Å². The molecule has 5 N–H and O–H groups in total. The van der Waals surface area contributed by atoms with Crippen LogP contribution in [0, 0.1) is 12.3 Å². The van der Waals surface area contributed by atoms with Crippen LogP contribution in [-0.2, 0) is 28.7 Å². The summed E-state index contributed by atoms with van der Waals surface area (Å²) in [7, 11) is 0. The molecule has 1 rings (SSSR count). The van der Waals surface area contributed by atoms with E-state index in [-0.39, 0.29) is 31.7 Å². The molecule has 0 heterocycles. The summed E-state index contributed by atoms with van der Waals surface area (Å²) in [6.45, 7) is 5.64. The number of carbonyl (C=O) groups is 5. The summed E-state index contributed by atoms with van der Waals surface area (Å²) >= 11 is 0. The number of rotatable bonds is 13. The Hall–Kier alpha value is -4.11. The first kappa shape index (κ1) is 31.9. The van der Waals surface area contributed by atoms with Crippen molar-refractivity contribution in [3.8, 4) is 12.3 Å². The summed E-state index contributed by atoms with van der Waals surface area (Å²) in [6, 6.07) is 3.45. The molecule has 0 fully saturated rings. The van der Waals surface area contributed by atoms with Gasteiger partial charge in [0.25, 0.3) is 0 Å². The van der Waals surface area contributed by atoms with Crippen LogP contribution in [0.3, 0.4) is 0 Å². The first-order chi connectivity index (χ1) is 17.8. The molecule has 0 aliphatic carbocycles. The molecular formula is C26H36N4O8. The molecule has 0 radical (unpaired) electrons. The number of hydrogen-bond acceptors (Lipinski definition) is 8. The van der Waals surface area contributed by atoms with E-state index in [1.54, 1.807) is 45.9 Å². The maximum Gasteiger partial charge on any atom is 0.408 e. The zero-order valence-electron chi connectivity index (χ0n) is 22.1. The highest BCUT2D eigenvalue weighted by Crippen LogP contribution is 2.26. The van der Waals surface area contributed by atoms with E-state index in [1.807, 2.05) is 0 Å². The van der Waals surface area contributed by atoms with E-state index >= 15 is 0 Å². The number of ether oxygens (including phenoxy) is 2. The van der Waals surface area contributed by atoms with Gasteiger partial charge in [0, 0.05) is 18.7 Å². The molecule has 0 spiro atoms. The van der Waals surface area contributed by atoms with Gasteiger partial charge in [0.2, 0.25) is 17.7 Å². The van der Waals surface area contributed by atoms with Crippen molar-refractivity contribution in [3.05, 3.63) is 35.4 Å². The van der Waals surface area contributed by atoms with Gasteiger partial charge in [-0.05, 0) is 39.3 Å². The maximum atomic E-state index is 13.7. The number of terminal acetylenes is 1. The van der Waals surface area contributed by atoms with Crippen LogP contribution in [-0.4, -0.2) is 77.7 Å². The zero-order chi connectivity index (χ0) is 28.9. The average Bonchev–Trinajstić information content (AvgIpc) is 2.82. The van der Waals surface area contributed by atoms with Crippen LogP contribution in [0.1, 0.15) is 57.7 Å². The molecule has 12 nitrogen and oxygen atoms in total. The first-order valence-electron chi connectivity index (χ1n) is 12.0. The normalized spacial score (nSPS) is 12.3. The third kappa shape index (κ3) is 10.5. The van der Waals surface area contributed by atoms with Gasteiger partial charge >= 0.3 is 12.1 Å². The molecule has 1 aromatic carbocycles. The van der Waals surface area contributed by atoms with Crippen molar-refractivity contribution >= 4 is 29.8 Å². The van der Waals surface area contributed by atoms with E-state index in [9.17, 15) is 29.1 Å². The smallest absolute Gasteiger partial charge is 0.408 e. The Bertz CT molecular complexity index is 1040. The fraction of sp³-hybridized carbons (Fsp3) is 0.500. The fourth-order valence-electron chi connectivity index (χ4n) is 3.46. The summed E-state index contributed by atoms with van der Waals surface area (Å²) in [5.74, 6) is -0.571. The Labute approximate surface area is 222 Å². The molecule has 0 aliphatic heterocycles. The van der Waals surface area contributed by atoms with Crippen LogP contribution in [0.5, 0.6) is 0 Å². The SMILES string of the molecule is C#Cc1ccccc1C(C(=O)NCCC(=O)OCC)N(CCO)C(=O)C(CC(N)=O)NC(=O)OC(C)(C)C. The average molecular weight is 533 g/mol. The highest BCUT2D eigenvalue weighted by Gasteiger charge is 2.37. The summed E-state index contributed by atoms with van der Waals surface area (Å²) in [5, 5.41) is 14.7. The minimum absolute atomic E-state index is 0.103. The lowest BCUT2D eigenvalue weighted by molar-refractivity contribution is -0.145. The number of amides is 4. The standard InChI is InChI=1S/C26H36N4O8/c1-6-17-10-8-9-11-18(17)22(23(34)28-13-12-21(33)37-7-2)30(14-15-31)24(35)19(16-20(27)32)29-25(36)38-26(3,4)5/h1,8-11,19,22,31H,7,12-16H2,2-5H3,(H2,27,32)(H,28,34)(H,29,36). The predicted octanol–water partition coefficient (Wildman–Crippen LogP) is 0.368. The van der Waals surface area contributed by atoms with Crippen molar-refractivity contribution in [1.82, 2.24) is 15.5 Å². The highest BCUT2D eigenvalue weighted by molar-refractivity contribution is 5.94. The van der Waals surface area contributed by atoms with E-state index in [0.29, 0.717) is 5.56 Å². The van der Waals surface area contributed by atoms with Gasteiger partial charge in [0.15, 0.2) is 0 Å². The van der Waals surface area contributed by atoms with Crippen LogP contribution in [0.2, 0.25) is 0 Å². The molecule has 1 aromatic rings.